The molecule has 1 aromatic carbocycles. The number of hydrogen-bond acceptors (Lipinski definition) is 5. The monoisotopic (exact) mass is 289 g/mol. The second-order valence-electron chi connectivity index (χ2n) is 5.64. The van der Waals surface area contributed by atoms with Crippen molar-refractivity contribution in [3.8, 4) is 11.5 Å². The van der Waals surface area contributed by atoms with E-state index in [0.717, 1.165) is 24.3 Å². The van der Waals surface area contributed by atoms with Crippen molar-refractivity contribution in [2.45, 2.75) is 38.8 Å². The van der Waals surface area contributed by atoms with Crippen molar-refractivity contribution in [2.24, 2.45) is 10.7 Å². The van der Waals surface area contributed by atoms with Gasteiger partial charge in [-0.1, -0.05) is 13.0 Å². The smallest absolute Gasteiger partial charge is 0.192 e. The predicted octanol–water partition coefficient (Wildman–Crippen LogP) is 2.32. The molecule has 0 amide bonds. The summed E-state index contributed by atoms with van der Waals surface area (Å²) in [5.41, 5.74) is 7.25. The molecule has 5 heteroatoms. The summed E-state index contributed by atoms with van der Waals surface area (Å²) in [6.07, 6.45) is 1.96. The summed E-state index contributed by atoms with van der Waals surface area (Å²) in [6, 6.07) is 6.74. The number of guanidine groups is 1. The molecule has 0 fully saturated rings. The van der Waals surface area contributed by atoms with E-state index in [9.17, 15) is 0 Å². The van der Waals surface area contributed by atoms with Crippen LogP contribution in [0.3, 0.4) is 0 Å². The third kappa shape index (κ3) is 2.64. The minimum atomic E-state index is 0.192. The standard InChI is InChI=1S/C16H23N3O2/c1-3-11(2)19-13(10-18-16(19)17)12-5-6-14-15(9-12)21-8-4-7-20-14/h5-6,9,11,13H,3-4,7-8,10H2,1-2H3,(H2,17,18). The molecule has 114 valence electrons. The van der Waals surface area contributed by atoms with Crippen LogP contribution in [-0.4, -0.2) is 36.7 Å². The fourth-order valence-electron chi connectivity index (χ4n) is 2.89. The van der Waals surface area contributed by atoms with Crippen LogP contribution >= 0.6 is 0 Å². The summed E-state index contributed by atoms with van der Waals surface area (Å²) < 4.78 is 11.5. The number of fused-ring (bicyclic) bond motifs is 1. The summed E-state index contributed by atoms with van der Waals surface area (Å²) in [6.45, 7) is 6.47. The molecule has 2 aliphatic heterocycles. The van der Waals surface area contributed by atoms with Gasteiger partial charge in [0.1, 0.15) is 0 Å². The van der Waals surface area contributed by atoms with E-state index in [2.05, 4.69) is 35.9 Å². The molecular weight excluding hydrogens is 266 g/mol. The number of hydrogen-bond donors (Lipinski definition) is 1. The van der Waals surface area contributed by atoms with E-state index in [1.165, 1.54) is 5.56 Å². The number of ether oxygens (including phenoxy) is 2. The van der Waals surface area contributed by atoms with Crippen molar-refractivity contribution in [1.82, 2.24) is 4.90 Å². The molecule has 0 aliphatic carbocycles. The Kier molecular flexibility index (Phi) is 3.90. The van der Waals surface area contributed by atoms with E-state index in [1.807, 2.05) is 6.07 Å². The average Bonchev–Trinajstić information content (AvgIpc) is 2.73. The Bertz CT molecular complexity index is 544. The predicted molar refractivity (Wildman–Crippen MR) is 82.9 cm³/mol. The van der Waals surface area contributed by atoms with Gasteiger partial charge in [0.05, 0.1) is 25.8 Å². The van der Waals surface area contributed by atoms with E-state index in [-0.39, 0.29) is 6.04 Å². The van der Waals surface area contributed by atoms with E-state index in [0.29, 0.717) is 31.8 Å². The molecule has 21 heavy (non-hydrogen) atoms. The zero-order chi connectivity index (χ0) is 14.8. The minimum absolute atomic E-state index is 0.192. The van der Waals surface area contributed by atoms with Crippen LogP contribution in [0.25, 0.3) is 0 Å². The Morgan fingerprint density at radius 3 is 2.86 bits per heavy atom. The summed E-state index contributed by atoms with van der Waals surface area (Å²) in [7, 11) is 0. The van der Waals surface area contributed by atoms with Gasteiger partial charge in [-0.15, -0.1) is 0 Å². The number of nitrogens with two attached hydrogens (primary N) is 1. The van der Waals surface area contributed by atoms with Gasteiger partial charge < -0.3 is 20.1 Å². The summed E-state index contributed by atoms with van der Waals surface area (Å²) in [5, 5.41) is 0. The van der Waals surface area contributed by atoms with Crippen LogP contribution in [0.5, 0.6) is 11.5 Å². The van der Waals surface area contributed by atoms with Gasteiger partial charge in [0, 0.05) is 12.5 Å². The quantitative estimate of drug-likeness (QED) is 0.927. The van der Waals surface area contributed by atoms with Crippen molar-refractivity contribution in [3.05, 3.63) is 23.8 Å². The highest BCUT2D eigenvalue weighted by Gasteiger charge is 2.31. The molecule has 0 spiro atoms. The van der Waals surface area contributed by atoms with Gasteiger partial charge in [-0.2, -0.15) is 0 Å². The molecule has 0 saturated carbocycles. The highest BCUT2D eigenvalue weighted by molar-refractivity contribution is 5.80. The van der Waals surface area contributed by atoms with Crippen molar-refractivity contribution in [1.29, 1.82) is 0 Å². The molecule has 1 aromatic rings. The normalized spacial score (nSPS) is 22.7. The lowest BCUT2D eigenvalue weighted by molar-refractivity contribution is 0.267. The van der Waals surface area contributed by atoms with Gasteiger partial charge in [0.2, 0.25) is 0 Å². The zero-order valence-electron chi connectivity index (χ0n) is 12.7. The second kappa shape index (κ2) is 5.84. The number of nitrogens with zero attached hydrogens (tertiary/aromatic N) is 2. The fraction of sp³-hybridized carbons (Fsp3) is 0.562. The Morgan fingerprint density at radius 2 is 2.10 bits per heavy atom. The number of benzene rings is 1. The van der Waals surface area contributed by atoms with Gasteiger partial charge in [-0.3, -0.25) is 4.99 Å². The van der Waals surface area contributed by atoms with Crippen LogP contribution < -0.4 is 15.2 Å². The van der Waals surface area contributed by atoms with Crippen LogP contribution in [0.1, 0.15) is 38.3 Å². The van der Waals surface area contributed by atoms with Gasteiger partial charge in [0.15, 0.2) is 17.5 Å². The first-order valence-corrected chi connectivity index (χ1v) is 7.68. The van der Waals surface area contributed by atoms with Crippen LogP contribution in [0, 0.1) is 0 Å². The molecule has 0 bridgehead atoms. The third-order valence-electron chi connectivity index (χ3n) is 4.25. The van der Waals surface area contributed by atoms with E-state index in [1.54, 1.807) is 0 Å². The lowest BCUT2D eigenvalue weighted by Gasteiger charge is -2.32. The van der Waals surface area contributed by atoms with Crippen LogP contribution in [0.15, 0.2) is 23.2 Å². The lowest BCUT2D eigenvalue weighted by Crippen LogP contribution is -2.42. The molecule has 2 heterocycles. The highest BCUT2D eigenvalue weighted by Crippen LogP contribution is 2.36. The molecule has 5 nitrogen and oxygen atoms in total. The van der Waals surface area contributed by atoms with Gasteiger partial charge in [-0.25, -0.2) is 0 Å². The second-order valence-corrected chi connectivity index (χ2v) is 5.64. The van der Waals surface area contributed by atoms with Crippen molar-refractivity contribution in [3.63, 3.8) is 0 Å². The van der Waals surface area contributed by atoms with Gasteiger partial charge in [0.25, 0.3) is 0 Å². The number of rotatable bonds is 3. The van der Waals surface area contributed by atoms with Crippen LogP contribution in [0.4, 0.5) is 0 Å². The first-order valence-electron chi connectivity index (χ1n) is 7.68. The molecule has 2 N–H and O–H groups in total. The average molecular weight is 289 g/mol. The van der Waals surface area contributed by atoms with Gasteiger partial charge >= 0.3 is 0 Å². The van der Waals surface area contributed by atoms with Crippen molar-refractivity contribution < 1.29 is 9.47 Å². The fourth-order valence-corrected chi connectivity index (χ4v) is 2.89. The Hall–Kier alpha value is -1.91. The molecular formula is C16H23N3O2. The van der Waals surface area contributed by atoms with E-state index < -0.39 is 0 Å². The largest absolute Gasteiger partial charge is 0.490 e. The molecule has 3 rings (SSSR count). The maximum absolute atomic E-state index is 6.07. The zero-order valence-corrected chi connectivity index (χ0v) is 12.7. The molecule has 2 unspecified atom stereocenters. The first kappa shape index (κ1) is 14.0. The maximum Gasteiger partial charge on any atom is 0.192 e. The van der Waals surface area contributed by atoms with Crippen molar-refractivity contribution >= 4 is 5.96 Å². The van der Waals surface area contributed by atoms with Crippen LogP contribution in [0.2, 0.25) is 0 Å². The minimum Gasteiger partial charge on any atom is -0.490 e. The van der Waals surface area contributed by atoms with E-state index in [4.69, 9.17) is 15.2 Å². The van der Waals surface area contributed by atoms with Crippen LogP contribution in [-0.2, 0) is 0 Å². The summed E-state index contributed by atoms with van der Waals surface area (Å²) >= 11 is 0. The summed E-state index contributed by atoms with van der Waals surface area (Å²) in [4.78, 5) is 6.63. The molecule has 0 saturated heterocycles. The Labute approximate surface area is 125 Å². The highest BCUT2D eigenvalue weighted by atomic mass is 16.5. The molecule has 2 aliphatic rings. The van der Waals surface area contributed by atoms with Gasteiger partial charge in [-0.05, 0) is 31.0 Å². The SMILES string of the molecule is CCC(C)N1C(N)=NCC1c1ccc2c(c1)OCCCO2. The third-order valence-corrected chi connectivity index (χ3v) is 4.25. The van der Waals surface area contributed by atoms with Crippen molar-refractivity contribution in [2.75, 3.05) is 19.8 Å². The Balaban J connectivity index is 1.88. The Morgan fingerprint density at radius 1 is 1.33 bits per heavy atom. The van der Waals surface area contributed by atoms with E-state index >= 15 is 0 Å². The number of aliphatic imine (C=N–C) groups is 1. The summed E-state index contributed by atoms with van der Waals surface area (Å²) in [5.74, 6) is 2.30. The topological polar surface area (TPSA) is 60.1 Å². The molecule has 0 radical (unpaired) electrons. The molecule has 2 atom stereocenters. The lowest BCUT2D eigenvalue weighted by atomic mass is 10.0. The first-order chi connectivity index (χ1) is 10.2. The molecule has 0 aromatic heterocycles. The maximum atomic E-state index is 6.07.